The van der Waals surface area contributed by atoms with E-state index in [1.807, 2.05) is 45.0 Å². The second-order valence-corrected chi connectivity index (χ2v) is 8.42. The van der Waals surface area contributed by atoms with E-state index < -0.39 is 5.41 Å². The van der Waals surface area contributed by atoms with Gasteiger partial charge in [-0.25, -0.2) is 4.79 Å². The van der Waals surface area contributed by atoms with Crippen molar-refractivity contribution in [2.45, 2.75) is 71.8 Å². The molecular formula is C24H30O4. The van der Waals surface area contributed by atoms with Gasteiger partial charge in [-0.15, -0.1) is 0 Å². The normalized spacial score (nSPS) is 16.1. The van der Waals surface area contributed by atoms with E-state index in [0.717, 1.165) is 42.9 Å². The van der Waals surface area contributed by atoms with E-state index in [0.29, 0.717) is 17.7 Å². The monoisotopic (exact) mass is 382 g/mol. The summed E-state index contributed by atoms with van der Waals surface area (Å²) in [6.45, 7) is 7.78. The lowest BCUT2D eigenvalue weighted by Gasteiger charge is -2.28. The summed E-state index contributed by atoms with van der Waals surface area (Å²) >= 11 is 0. The Morgan fingerprint density at radius 3 is 2.29 bits per heavy atom. The molecular weight excluding hydrogens is 352 g/mol. The van der Waals surface area contributed by atoms with Crippen LogP contribution in [0.5, 0.6) is 5.75 Å². The van der Waals surface area contributed by atoms with Crippen LogP contribution in [0, 0.1) is 5.41 Å². The molecule has 0 N–H and O–H groups in total. The minimum Gasteiger partial charge on any atom is -0.455 e. The van der Waals surface area contributed by atoms with Crippen LogP contribution in [0.3, 0.4) is 0 Å². The number of rotatable bonds is 6. The number of hydrogen-bond donors (Lipinski definition) is 0. The third kappa shape index (κ3) is 3.91. The molecule has 4 heteroatoms. The highest BCUT2D eigenvalue weighted by Gasteiger charge is 2.36. The van der Waals surface area contributed by atoms with E-state index >= 15 is 0 Å². The first-order chi connectivity index (χ1) is 13.3. The van der Waals surface area contributed by atoms with Crippen molar-refractivity contribution in [3.63, 3.8) is 0 Å². The summed E-state index contributed by atoms with van der Waals surface area (Å²) in [6, 6.07) is 10.9. The number of hydrogen-bond acceptors (Lipinski definition) is 4. The molecule has 0 heterocycles. The van der Waals surface area contributed by atoms with Crippen LogP contribution < -0.4 is 4.74 Å². The van der Waals surface area contributed by atoms with E-state index in [-0.39, 0.29) is 17.5 Å². The molecule has 0 radical (unpaired) electrons. The van der Waals surface area contributed by atoms with E-state index in [4.69, 9.17) is 9.47 Å². The maximum atomic E-state index is 13.0. The van der Waals surface area contributed by atoms with Gasteiger partial charge in [0.25, 0.3) is 0 Å². The zero-order valence-corrected chi connectivity index (χ0v) is 17.3. The second kappa shape index (κ2) is 7.94. The third-order valence-corrected chi connectivity index (χ3v) is 6.21. The molecule has 1 aliphatic rings. The predicted molar refractivity (Wildman–Crippen MR) is 111 cm³/mol. The molecule has 0 saturated heterocycles. The third-order valence-electron chi connectivity index (χ3n) is 6.21. The maximum absolute atomic E-state index is 13.0. The maximum Gasteiger partial charge on any atom is 0.339 e. The molecule has 1 saturated carbocycles. The molecule has 0 amide bonds. The van der Waals surface area contributed by atoms with Crippen molar-refractivity contribution in [2.24, 2.45) is 5.41 Å². The smallest absolute Gasteiger partial charge is 0.339 e. The van der Waals surface area contributed by atoms with Gasteiger partial charge in [0.1, 0.15) is 11.4 Å². The fraction of sp³-hybridized carbons (Fsp3) is 0.500. The zero-order valence-electron chi connectivity index (χ0n) is 17.3. The van der Waals surface area contributed by atoms with Gasteiger partial charge in [0, 0.05) is 5.39 Å². The fourth-order valence-corrected chi connectivity index (χ4v) is 3.73. The highest BCUT2D eigenvalue weighted by molar-refractivity contribution is 6.06. The van der Waals surface area contributed by atoms with E-state index in [2.05, 4.69) is 6.92 Å². The molecule has 0 aromatic heterocycles. The first-order valence-corrected chi connectivity index (χ1v) is 10.3. The Kier molecular flexibility index (Phi) is 5.78. The highest BCUT2D eigenvalue weighted by atomic mass is 16.6. The number of benzene rings is 2. The molecule has 150 valence electrons. The van der Waals surface area contributed by atoms with Gasteiger partial charge in [0.15, 0.2) is 0 Å². The van der Waals surface area contributed by atoms with Gasteiger partial charge in [0.05, 0.1) is 11.0 Å². The van der Waals surface area contributed by atoms with Gasteiger partial charge in [-0.05, 0) is 69.9 Å². The molecule has 0 atom stereocenters. The minimum absolute atomic E-state index is 0.272. The first kappa shape index (κ1) is 20.4. The van der Waals surface area contributed by atoms with E-state index in [1.165, 1.54) is 0 Å². The average Bonchev–Trinajstić information content (AvgIpc) is 3.16. The first-order valence-electron chi connectivity index (χ1n) is 10.3. The topological polar surface area (TPSA) is 52.6 Å². The Morgan fingerprint density at radius 1 is 1.00 bits per heavy atom. The SMILES string of the molecule is CCC1(OC(=O)c2cccc3c(OC(=O)C(C)(C)CC)cccc23)CCCC1. The van der Waals surface area contributed by atoms with E-state index in [9.17, 15) is 9.59 Å². The van der Waals surface area contributed by atoms with Crippen molar-refractivity contribution >= 4 is 22.7 Å². The molecule has 0 bridgehead atoms. The van der Waals surface area contributed by atoms with Crippen molar-refractivity contribution in [2.75, 3.05) is 0 Å². The van der Waals surface area contributed by atoms with Crippen molar-refractivity contribution in [3.05, 3.63) is 42.0 Å². The summed E-state index contributed by atoms with van der Waals surface area (Å²) in [6.07, 6.45) is 5.57. The van der Waals surface area contributed by atoms with Crippen LogP contribution in [0.1, 0.15) is 76.6 Å². The summed E-state index contributed by atoms with van der Waals surface area (Å²) in [4.78, 5) is 25.5. The number of ether oxygens (including phenoxy) is 2. The minimum atomic E-state index is -0.561. The molecule has 28 heavy (non-hydrogen) atoms. The largest absolute Gasteiger partial charge is 0.455 e. The fourth-order valence-electron chi connectivity index (χ4n) is 3.73. The van der Waals surface area contributed by atoms with Gasteiger partial charge in [-0.3, -0.25) is 4.79 Å². The molecule has 2 aromatic carbocycles. The van der Waals surface area contributed by atoms with Crippen LogP contribution in [0.15, 0.2) is 36.4 Å². The number of fused-ring (bicyclic) bond motifs is 1. The lowest BCUT2D eigenvalue weighted by Crippen LogP contribution is -2.31. The number of carbonyl (C=O) groups excluding carboxylic acids is 2. The van der Waals surface area contributed by atoms with Crippen molar-refractivity contribution in [3.8, 4) is 5.75 Å². The Morgan fingerprint density at radius 2 is 1.64 bits per heavy atom. The molecule has 1 fully saturated rings. The van der Waals surface area contributed by atoms with E-state index in [1.54, 1.807) is 12.1 Å². The quantitative estimate of drug-likeness (QED) is 0.450. The van der Waals surface area contributed by atoms with Crippen LogP contribution in [-0.4, -0.2) is 17.5 Å². The van der Waals surface area contributed by atoms with Crippen LogP contribution in [0.4, 0.5) is 0 Å². The Labute approximate surface area is 167 Å². The molecule has 4 nitrogen and oxygen atoms in total. The molecule has 3 rings (SSSR count). The standard InChI is InChI=1S/C24H30O4/c1-5-23(3,4)22(26)27-20-14-10-11-17-18(20)12-9-13-19(17)21(25)28-24(6-2)15-7-8-16-24/h9-14H,5-8,15-16H2,1-4H3. The lowest BCUT2D eigenvalue weighted by molar-refractivity contribution is -0.144. The Hall–Kier alpha value is -2.36. The van der Waals surface area contributed by atoms with Gasteiger partial charge >= 0.3 is 11.9 Å². The molecule has 0 aliphatic heterocycles. The summed E-state index contributed by atoms with van der Waals surface area (Å²) in [5.74, 6) is -0.0946. The summed E-state index contributed by atoms with van der Waals surface area (Å²) in [5.41, 5.74) is -0.381. The van der Waals surface area contributed by atoms with Gasteiger partial charge in [-0.1, -0.05) is 38.1 Å². The summed E-state index contributed by atoms with van der Waals surface area (Å²) in [7, 11) is 0. The molecule has 2 aromatic rings. The molecule has 0 unspecified atom stereocenters. The van der Waals surface area contributed by atoms with Crippen LogP contribution >= 0.6 is 0 Å². The van der Waals surface area contributed by atoms with Gasteiger partial charge < -0.3 is 9.47 Å². The second-order valence-electron chi connectivity index (χ2n) is 8.42. The Balaban J connectivity index is 1.93. The summed E-state index contributed by atoms with van der Waals surface area (Å²) in [5, 5.41) is 1.49. The van der Waals surface area contributed by atoms with Crippen LogP contribution in [0.2, 0.25) is 0 Å². The van der Waals surface area contributed by atoms with Crippen molar-refractivity contribution < 1.29 is 19.1 Å². The Bertz CT molecular complexity index is 875. The van der Waals surface area contributed by atoms with Gasteiger partial charge in [-0.2, -0.15) is 0 Å². The summed E-state index contributed by atoms with van der Waals surface area (Å²) < 4.78 is 11.7. The molecule has 1 aliphatic carbocycles. The predicted octanol–water partition coefficient (Wildman–Crippen LogP) is 6.06. The van der Waals surface area contributed by atoms with Crippen molar-refractivity contribution in [1.29, 1.82) is 0 Å². The zero-order chi connectivity index (χ0) is 20.4. The highest BCUT2D eigenvalue weighted by Crippen LogP contribution is 2.38. The lowest BCUT2D eigenvalue weighted by atomic mass is 9.90. The van der Waals surface area contributed by atoms with Crippen LogP contribution in [-0.2, 0) is 9.53 Å². The van der Waals surface area contributed by atoms with Crippen molar-refractivity contribution in [1.82, 2.24) is 0 Å². The average molecular weight is 383 g/mol. The molecule has 0 spiro atoms. The van der Waals surface area contributed by atoms with Gasteiger partial charge in [0.2, 0.25) is 0 Å². The number of esters is 2. The number of carbonyl (C=O) groups is 2. The van der Waals surface area contributed by atoms with Crippen LogP contribution in [0.25, 0.3) is 10.8 Å².